The summed E-state index contributed by atoms with van der Waals surface area (Å²) < 4.78 is 3.40. The van der Waals surface area contributed by atoms with E-state index < -0.39 is 0 Å². The van der Waals surface area contributed by atoms with Crippen LogP contribution in [0, 0.1) is 0 Å². The molecule has 0 spiro atoms. The number of H-pyrrole nitrogens is 1. The van der Waals surface area contributed by atoms with Gasteiger partial charge in [0.1, 0.15) is 11.8 Å². The predicted molar refractivity (Wildman–Crippen MR) is 75.4 cm³/mol. The molecule has 0 saturated heterocycles. The maximum Gasteiger partial charge on any atom is 0.292 e. The third-order valence-electron chi connectivity index (χ3n) is 3.33. The third-order valence-corrected chi connectivity index (χ3v) is 3.33. The SMILES string of the molecule is CCc1nc(-n2ccnc2)nc2c1[nH]c(=O)c1nccn12. The summed E-state index contributed by atoms with van der Waals surface area (Å²) in [5.41, 5.74) is 2.10. The van der Waals surface area contributed by atoms with Crippen molar-refractivity contribution in [3.63, 3.8) is 0 Å². The van der Waals surface area contributed by atoms with Gasteiger partial charge in [-0.1, -0.05) is 6.92 Å². The first kappa shape index (κ1) is 11.8. The highest BCUT2D eigenvalue weighted by atomic mass is 16.1. The molecule has 0 atom stereocenters. The highest BCUT2D eigenvalue weighted by Gasteiger charge is 2.13. The van der Waals surface area contributed by atoms with Crippen molar-refractivity contribution in [2.45, 2.75) is 13.3 Å². The van der Waals surface area contributed by atoms with Crippen LogP contribution in [-0.2, 0) is 6.42 Å². The second kappa shape index (κ2) is 4.23. The number of hydrogen-bond donors (Lipinski definition) is 1. The zero-order chi connectivity index (χ0) is 14.4. The molecular weight excluding hydrogens is 270 g/mol. The van der Waals surface area contributed by atoms with Crippen molar-refractivity contribution < 1.29 is 0 Å². The normalized spacial score (nSPS) is 11.5. The molecule has 0 radical (unpaired) electrons. The average Bonchev–Trinajstić information content (AvgIpc) is 3.18. The van der Waals surface area contributed by atoms with Gasteiger partial charge in [0.15, 0.2) is 5.65 Å². The lowest BCUT2D eigenvalue weighted by molar-refractivity contribution is 0.890. The third kappa shape index (κ3) is 1.65. The van der Waals surface area contributed by atoms with E-state index in [-0.39, 0.29) is 5.56 Å². The first-order chi connectivity index (χ1) is 10.3. The Morgan fingerprint density at radius 3 is 2.86 bits per heavy atom. The molecule has 0 bridgehead atoms. The van der Waals surface area contributed by atoms with E-state index >= 15 is 0 Å². The minimum Gasteiger partial charge on any atom is -0.315 e. The topological polar surface area (TPSA) is 93.8 Å². The van der Waals surface area contributed by atoms with Crippen molar-refractivity contribution in [3.05, 3.63) is 47.2 Å². The Morgan fingerprint density at radius 1 is 1.19 bits per heavy atom. The highest BCUT2D eigenvalue weighted by Crippen LogP contribution is 2.15. The Balaban J connectivity index is 2.18. The second-order valence-corrected chi connectivity index (χ2v) is 4.57. The van der Waals surface area contributed by atoms with E-state index in [9.17, 15) is 4.79 Å². The molecule has 0 unspecified atom stereocenters. The summed E-state index contributed by atoms with van der Waals surface area (Å²) in [6.45, 7) is 1.98. The van der Waals surface area contributed by atoms with Gasteiger partial charge in [-0.3, -0.25) is 13.8 Å². The van der Waals surface area contributed by atoms with Crippen LogP contribution in [0.1, 0.15) is 12.6 Å². The molecular formula is C13H11N7O. The highest BCUT2D eigenvalue weighted by molar-refractivity contribution is 5.76. The molecule has 0 aliphatic heterocycles. The Labute approximate surface area is 118 Å². The van der Waals surface area contributed by atoms with Gasteiger partial charge in [0.05, 0.1) is 5.69 Å². The van der Waals surface area contributed by atoms with Gasteiger partial charge in [-0.2, -0.15) is 4.98 Å². The van der Waals surface area contributed by atoms with Crippen LogP contribution in [0.5, 0.6) is 0 Å². The minimum absolute atomic E-state index is 0.249. The molecule has 4 aromatic heterocycles. The van der Waals surface area contributed by atoms with Gasteiger partial charge >= 0.3 is 0 Å². The van der Waals surface area contributed by atoms with Crippen LogP contribution >= 0.6 is 0 Å². The summed E-state index contributed by atoms with van der Waals surface area (Å²) in [7, 11) is 0. The number of nitrogens with one attached hydrogen (secondary N) is 1. The van der Waals surface area contributed by atoms with Crippen molar-refractivity contribution in [1.82, 2.24) is 33.9 Å². The number of aryl methyl sites for hydroxylation is 1. The van der Waals surface area contributed by atoms with Crippen molar-refractivity contribution in [2.24, 2.45) is 0 Å². The van der Waals surface area contributed by atoms with Gasteiger partial charge in [-0.25, -0.2) is 15.0 Å². The number of nitrogens with zero attached hydrogens (tertiary/aromatic N) is 6. The Hall–Kier alpha value is -3.03. The molecule has 0 aliphatic rings. The smallest absolute Gasteiger partial charge is 0.292 e. The van der Waals surface area contributed by atoms with E-state index in [4.69, 9.17) is 0 Å². The van der Waals surface area contributed by atoms with Gasteiger partial charge in [-0.05, 0) is 6.42 Å². The van der Waals surface area contributed by atoms with Crippen molar-refractivity contribution >= 4 is 16.8 Å². The quantitative estimate of drug-likeness (QED) is 0.584. The summed E-state index contributed by atoms with van der Waals surface area (Å²) >= 11 is 0. The van der Waals surface area contributed by atoms with E-state index in [1.54, 1.807) is 40.1 Å². The van der Waals surface area contributed by atoms with Crippen LogP contribution in [0.25, 0.3) is 22.8 Å². The fourth-order valence-electron chi connectivity index (χ4n) is 2.34. The lowest BCUT2D eigenvalue weighted by Gasteiger charge is -2.08. The van der Waals surface area contributed by atoms with Crippen LogP contribution < -0.4 is 5.56 Å². The molecule has 4 rings (SSSR count). The Morgan fingerprint density at radius 2 is 2.10 bits per heavy atom. The molecule has 1 N–H and O–H groups in total. The molecule has 0 amide bonds. The monoisotopic (exact) mass is 281 g/mol. The molecule has 0 saturated carbocycles. The molecule has 104 valence electrons. The van der Waals surface area contributed by atoms with Crippen molar-refractivity contribution in [1.29, 1.82) is 0 Å². The Bertz CT molecular complexity index is 997. The first-order valence-corrected chi connectivity index (χ1v) is 6.52. The first-order valence-electron chi connectivity index (χ1n) is 6.52. The summed E-state index contributed by atoms with van der Waals surface area (Å²) in [5.74, 6) is 0.513. The van der Waals surface area contributed by atoms with E-state index in [1.165, 1.54) is 0 Å². The van der Waals surface area contributed by atoms with Gasteiger partial charge < -0.3 is 4.98 Å². The maximum absolute atomic E-state index is 12.0. The van der Waals surface area contributed by atoms with Gasteiger partial charge in [0.25, 0.3) is 5.56 Å². The van der Waals surface area contributed by atoms with E-state index in [0.717, 1.165) is 5.69 Å². The number of fused-ring (bicyclic) bond motifs is 3. The standard InChI is InChI=1S/C13H11N7O/c1-2-8-9-10(18-13(16-8)19-5-3-14-7-19)20-6-4-15-11(20)12(21)17-9/h3-7H,2H2,1H3,(H,17,21). The van der Waals surface area contributed by atoms with Crippen molar-refractivity contribution in [2.75, 3.05) is 0 Å². The van der Waals surface area contributed by atoms with Crippen LogP contribution in [0.4, 0.5) is 0 Å². The number of aromatic amines is 1. The fraction of sp³-hybridized carbons (Fsp3) is 0.154. The van der Waals surface area contributed by atoms with Crippen LogP contribution in [0.15, 0.2) is 35.9 Å². The predicted octanol–water partition coefficient (Wildman–Crippen LogP) is 0.714. The average molecular weight is 281 g/mol. The van der Waals surface area contributed by atoms with Crippen LogP contribution in [-0.4, -0.2) is 33.9 Å². The number of imidazole rings is 2. The minimum atomic E-state index is -0.249. The van der Waals surface area contributed by atoms with Crippen LogP contribution in [0.2, 0.25) is 0 Å². The summed E-state index contributed by atoms with van der Waals surface area (Å²) in [6.07, 6.45) is 9.05. The zero-order valence-electron chi connectivity index (χ0n) is 11.2. The summed E-state index contributed by atoms with van der Waals surface area (Å²) in [4.78, 5) is 31.9. The van der Waals surface area contributed by atoms with Gasteiger partial charge in [0.2, 0.25) is 11.6 Å². The molecule has 0 aliphatic carbocycles. The van der Waals surface area contributed by atoms with E-state index in [0.29, 0.717) is 29.2 Å². The largest absolute Gasteiger partial charge is 0.315 e. The molecule has 21 heavy (non-hydrogen) atoms. The molecule has 8 heteroatoms. The van der Waals surface area contributed by atoms with Gasteiger partial charge in [0, 0.05) is 24.8 Å². The zero-order valence-corrected chi connectivity index (χ0v) is 11.2. The number of aromatic nitrogens is 7. The summed E-state index contributed by atoms with van der Waals surface area (Å²) in [6, 6.07) is 0. The molecule has 8 nitrogen and oxygen atoms in total. The second-order valence-electron chi connectivity index (χ2n) is 4.57. The molecule has 4 heterocycles. The Kier molecular flexibility index (Phi) is 2.37. The lowest BCUT2D eigenvalue weighted by atomic mass is 10.3. The maximum atomic E-state index is 12.0. The van der Waals surface area contributed by atoms with E-state index in [2.05, 4.69) is 24.9 Å². The van der Waals surface area contributed by atoms with E-state index in [1.807, 2.05) is 6.92 Å². The fourth-order valence-corrected chi connectivity index (χ4v) is 2.34. The molecule has 4 aromatic rings. The number of rotatable bonds is 2. The summed E-state index contributed by atoms with van der Waals surface area (Å²) in [5, 5.41) is 0. The number of hydrogen-bond acceptors (Lipinski definition) is 5. The molecule has 0 aromatic carbocycles. The van der Waals surface area contributed by atoms with Crippen LogP contribution in [0.3, 0.4) is 0 Å². The lowest BCUT2D eigenvalue weighted by Crippen LogP contribution is -2.15. The van der Waals surface area contributed by atoms with Gasteiger partial charge in [-0.15, -0.1) is 0 Å². The van der Waals surface area contributed by atoms with Crippen molar-refractivity contribution in [3.8, 4) is 5.95 Å². The molecule has 0 fully saturated rings.